The van der Waals surface area contributed by atoms with Crippen molar-refractivity contribution in [2.75, 3.05) is 0 Å². The molecule has 2 unspecified atom stereocenters. The van der Waals surface area contributed by atoms with Gasteiger partial charge in [0.1, 0.15) is 5.60 Å². The maximum Gasteiger partial charge on any atom is 2.00 e. The van der Waals surface area contributed by atoms with E-state index in [1.54, 1.807) is 0 Å². The minimum atomic E-state index is -5.41. The van der Waals surface area contributed by atoms with Crippen LogP contribution < -0.4 is 9.97 Å². The number of hydrogen-bond donors (Lipinski definition) is 1. The molecule has 0 saturated heterocycles. The Morgan fingerprint density at radius 2 is 0.555 bits per heavy atom. The average molecular weight is 1560 g/mol. The van der Waals surface area contributed by atoms with Gasteiger partial charge in [0.05, 0.1) is 73.2 Å². The summed E-state index contributed by atoms with van der Waals surface area (Å²) in [6, 6.07) is 20.2. The van der Waals surface area contributed by atoms with Gasteiger partial charge in [-0.2, -0.15) is 105 Å². The Labute approximate surface area is 619 Å². The van der Waals surface area contributed by atoms with Crippen molar-refractivity contribution >= 4 is 56.8 Å². The molecule has 8 aromatic carbocycles. The topological polar surface area (TPSA) is 126 Å². The zero-order chi connectivity index (χ0) is 78.7. The van der Waals surface area contributed by atoms with Gasteiger partial charge in [-0.25, -0.2) is 9.97 Å². The van der Waals surface area contributed by atoms with Crippen molar-refractivity contribution in [2.24, 2.45) is 0 Å². The number of benzene rings is 8. The van der Waals surface area contributed by atoms with Crippen LogP contribution in [0, 0.1) is 0 Å². The van der Waals surface area contributed by atoms with Crippen LogP contribution in [-0.2, 0) is 60.4 Å². The minimum absolute atomic E-state index is 0. The zero-order valence-electron chi connectivity index (χ0n) is 55.4. The number of rotatable bonds is 11. The van der Waals surface area contributed by atoms with Gasteiger partial charge in [-0.1, -0.05) is 123 Å². The van der Waals surface area contributed by atoms with Gasteiger partial charge in [-0.05, 0) is 142 Å². The van der Waals surface area contributed by atoms with E-state index < -0.39 is 235 Å². The van der Waals surface area contributed by atoms with Crippen LogP contribution in [0.5, 0.6) is 0 Å². The van der Waals surface area contributed by atoms with Crippen LogP contribution in [0.4, 0.5) is 105 Å². The SMILES string of the molecule is CCCCC1(c2cccc(C(F)(F)F)c2)c2nc(nc3[n-]c(nc4nc(nc5[n-]c(n2)c(-c2cccc(C(F)(F)F)c2)c5-c2cccc(C(F)(F)F)c2)C(c2cccc(C(F)(F)F)c2)=C4c2cccc(C(F)(F)F)c2)c(-c2cccc(C(F)(F)F)c2)c3-c2cccc(C(F)(F)F)c2)C1(O)c1cccc(C(F)(F)F)c1.[Mg+2]. The quantitative estimate of drug-likeness (QED) is 0.0995. The smallest absolute Gasteiger partial charge is 0.377 e. The summed E-state index contributed by atoms with van der Waals surface area (Å²) >= 11 is 0. The van der Waals surface area contributed by atoms with Crippen molar-refractivity contribution in [1.82, 2.24) is 39.9 Å². The van der Waals surface area contributed by atoms with E-state index in [1.165, 1.54) is 6.92 Å². The second-order valence-electron chi connectivity index (χ2n) is 25.1. The fourth-order valence-electron chi connectivity index (χ4n) is 13.3. The predicted molar refractivity (Wildman–Crippen MR) is 352 cm³/mol. The fourth-order valence-corrected chi connectivity index (χ4v) is 13.3. The molecule has 0 spiro atoms. The van der Waals surface area contributed by atoms with Crippen LogP contribution in [0.2, 0.25) is 0 Å². The van der Waals surface area contributed by atoms with Gasteiger partial charge in [0, 0.05) is 56.0 Å². The predicted octanol–water partition coefficient (Wildman–Crippen LogP) is 22.0. The van der Waals surface area contributed by atoms with Crippen LogP contribution in [0.3, 0.4) is 0 Å². The molecule has 13 rings (SSSR count). The number of unbranched alkanes of at least 4 members (excludes halogenated alkanes) is 1. The molecule has 2 aliphatic heterocycles. The molecule has 11 aromatic rings. The molecule has 9 nitrogen and oxygen atoms in total. The minimum Gasteiger partial charge on any atom is -0.377 e. The van der Waals surface area contributed by atoms with E-state index in [9.17, 15) is 5.11 Å². The molecule has 0 radical (unpaired) electrons. The monoisotopic (exact) mass is 1560 g/mol. The molecule has 8 bridgehead atoms. The second kappa shape index (κ2) is 28.1. The van der Waals surface area contributed by atoms with Gasteiger partial charge >= 0.3 is 72.5 Å². The third kappa shape index (κ3) is 14.8. The summed E-state index contributed by atoms with van der Waals surface area (Å²) in [7, 11) is 0. The number of aliphatic hydroxyl groups is 1. The first-order valence-electron chi connectivity index (χ1n) is 32.0. The molecule has 2 aliphatic rings. The summed E-state index contributed by atoms with van der Waals surface area (Å²) in [4.78, 5) is 36.9. The Morgan fingerprint density at radius 1 is 0.300 bits per heavy atom. The molecular weight excluding hydrogens is 1520 g/mol. The van der Waals surface area contributed by atoms with Crippen LogP contribution in [0.25, 0.3) is 78.2 Å². The van der Waals surface area contributed by atoms with Crippen molar-refractivity contribution in [1.29, 1.82) is 0 Å². The molecule has 562 valence electrons. The van der Waals surface area contributed by atoms with Crippen LogP contribution in [-0.4, -0.2) is 58.1 Å². The van der Waals surface area contributed by atoms with Crippen LogP contribution in [0.1, 0.15) is 116 Å². The molecule has 0 aliphatic carbocycles. The standard InChI is InChI=1S/C76H42F24N8O.Mg/c1-2-3-28-67(43-18-10-26-51(35-43)75(95,96)97)65-106-63-57(41-16-8-24-49(33-41)73(89,90)91)55(39-14-6-22-47(31-39)71(83,84)85)61(104-63)102-59-53(37-12-4-20-45(29-37)69(77,78)79)54(38-13-5-21-46(30-38)70(80,81)82)60(101-59)103-62-56(40-15-7-23-48(32-40)72(86,87)88)58(42-17-9-25-50(34-42)74(92,93)94)64(105-62)107-66(108-65)68(67,109)44-19-11-27-52(36-44)76(98,99)100;/h4-27,29-36,109H,2-3,28H2,1H3;/q-2;+2. The summed E-state index contributed by atoms with van der Waals surface area (Å²) in [5, 5.41) is 14.7. The number of halogens is 24. The van der Waals surface area contributed by atoms with E-state index in [1.807, 2.05) is 0 Å². The van der Waals surface area contributed by atoms with E-state index in [-0.39, 0.29) is 42.0 Å². The van der Waals surface area contributed by atoms with Crippen molar-refractivity contribution in [2.45, 2.75) is 86.6 Å². The molecule has 34 heteroatoms. The summed E-state index contributed by atoms with van der Waals surface area (Å²) in [5.41, 5.74) is -35.2. The first kappa shape index (κ1) is 79.0. The molecule has 5 heterocycles. The normalized spacial score (nSPS) is 16.2. The average Bonchev–Trinajstić information content (AvgIpc) is 1.53. The Kier molecular flexibility index (Phi) is 20.1. The third-order valence-corrected chi connectivity index (χ3v) is 18.2. The summed E-state index contributed by atoms with van der Waals surface area (Å²) in [6.07, 6.45) is -44.1. The van der Waals surface area contributed by atoms with E-state index in [2.05, 4.69) is 34.9 Å². The fraction of sp³-hybridized carbons (Fsp3) is 0.184. The molecule has 0 amide bonds. The first-order valence-corrected chi connectivity index (χ1v) is 32.0. The molecular formula is C76H42F24MgN8O. The van der Waals surface area contributed by atoms with E-state index >= 15 is 105 Å². The van der Waals surface area contributed by atoms with Gasteiger partial charge in [0.25, 0.3) is 0 Å². The van der Waals surface area contributed by atoms with E-state index in [4.69, 9.17) is 4.98 Å². The number of fused-ring (bicyclic) bond motifs is 8. The molecule has 0 fully saturated rings. The molecule has 110 heavy (non-hydrogen) atoms. The number of aromatic nitrogens is 8. The van der Waals surface area contributed by atoms with Crippen molar-refractivity contribution in [3.8, 4) is 44.5 Å². The maximum atomic E-state index is 15.5. The van der Waals surface area contributed by atoms with Gasteiger partial charge < -0.3 is 35.0 Å². The Balaban J connectivity index is 0.0000113. The van der Waals surface area contributed by atoms with E-state index in [0.29, 0.717) is 97.1 Å². The number of hydrogen-bond acceptors (Lipinski definition) is 7. The van der Waals surface area contributed by atoms with Crippen LogP contribution in [0.15, 0.2) is 194 Å². The second-order valence-corrected chi connectivity index (χ2v) is 25.1. The zero-order valence-corrected chi connectivity index (χ0v) is 56.8. The van der Waals surface area contributed by atoms with Crippen molar-refractivity contribution < 1.29 is 110 Å². The van der Waals surface area contributed by atoms with Gasteiger partial charge in [-0.15, -0.1) is 0 Å². The van der Waals surface area contributed by atoms with Gasteiger partial charge in [-0.3, -0.25) is 0 Å². The van der Waals surface area contributed by atoms with Crippen molar-refractivity contribution in [3.63, 3.8) is 0 Å². The number of alkyl halides is 24. The Bertz CT molecular complexity index is 5630. The third-order valence-electron chi connectivity index (χ3n) is 18.2. The maximum absolute atomic E-state index is 15.5. The Morgan fingerprint density at radius 3 is 0.864 bits per heavy atom. The summed E-state index contributed by atoms with van der Waals surface area (Å²) in [5.74, 6) is -4.72. The van der Waals surface area contributed by atoms with Gasteiger partial charge in [0.15, 0.2) is 0 Å². The summed E-state index contributed by atoms with van der Waals surface area (Å²) < 4.78 is 366. The Hall–Kier alpha value is -10.6. The van der Waals surface area contributed by atoms with Crippen LogP contribution >= 0.6 is 0 Å². The van der Waals surface area contributed by atoms with E-state index in [0.717, 1.165) is 91.0 Å². The molecule has 2 atom stereocenters. The molecule has 1 N–H and O–H groups in total. The summed E-state index contributed by atoms with van der Waals surface area (Å²) in [6.45, 7) is 1.46. The first-order chi connectivity index (χ1) is 50.9. The number of nitrogens with zero attached hydrogens (tertiary/aromatic N) is 8. The molecule has 3 aromatic heterocycles. The van der Waals surface area contributed by atoms with Gasteiger partial charge in [0.2, 0.25) is 0 Å². The molecule has 0 saturated carbocycles. The van der Waals surface area contributed by atoms with Crippen molar-refractivity contribution in [3.05, 3.63) is 284 Å². The largest absolute Gasteiger partial charge is 2.00 e.